The standard InChI is InChI=1S/C15H17ClFNO/c1-2-5-18-8-13-14(9-3-4-9)11-6-10(17)7-12(16)15(11)19-13/h6-7,9,18H,2-5,8H2,1H3. The minimum absolute atomic E-state index is 0.298. The van der Waals surface area contributed by atoms with E-state index >= 15 is 0 Å². The van der Waals surface area contributed by atoms with Crippen LogP contribution in [0.2, 0.25) is 5.02 Å². The van der Waals surface area contributed by atoms with E-state index in [2.05, 4.69) is 12.2 Å². The van der Waals surface area contributed by atoms with Gasteiger partial charge in [-0.3, -0.25) is 0 Å². The van der Waals surface area contributed by atoms with Crippen LogP contribution in [0.25, 0.3) is 11.0 Å². The van der Waals surface area contributed by atoms with Crippen LogP contribution in [-0.2, 0) is 6.54 Å². The lowest BCUT2D eigenvalue weighted by atomic mass is 10.1. The highest BCUT2D eigenvalue weighted by atomic mass is 35.5. The second kappa shape index (κ2) is 5.14. The lowest BCUT2D eigenvalue weighted by molar-refractivity contribution is 0.507. The zero-order valence-corrected chi connectivity index (χ0v) is 11.7. The number of hydrogen-bond acceptors (Lipinski definition) is 2. The van der Waals surface area contributed by atoms with Crippen molar-refractivity contribution in [3.8, 4) is 0 Å². The highest BCUT2D eigenvalue weighted by Crippen LogP contribution is 2.47. The van der Waals surface area contributed by atoms with Crippen molar-refractivity contribution in [2.75, 3.05) is 6.54 Å². The van der Waals surface area contributed by atoms with Gasteiger partial charge in [0.15, 0.2) is 5.58 Å². The molecule has 0 spiro atoms. The van der Waals surface area contributed by atoms with Crippen LogP contribution >= 0.6 is 11.6 Å². The molecule has 1 saturated carbocycles. The van der Waals surface area contributed by atoms with E-state index in [4.69, 9.17) is 16.0 Å². The third-order valence-electron chi connectivity index (χ3n) is 3.52. The summed E-state index contributed by atoms with van der Waals surface area (Å²) in [5, 5.41) is 4.55. The molecule has 1 fully saturated rings. The van der Waals surface area contributed by atoms with Crippen molar-refractivity contribution in [2.24, 2.45) is 0 Å². The molecule has 2 aromatic rings. The second-order valence-corrected chi connectivity index (χ2v) is 5.56. The van der Waals surface area contributed by atoms with E-state index < -0.39 is 0 Å². The summed E-state index contributed by atoms with van der Waals surface area (Å²) >= 11 is 6.08. The second-order valence-electron chi connectivity index (χ2n) is 5.15. The zero-order chi connectivity index (χ0) is 13.4. The Hall–Kier alpha value is -1.06. The molecule has 1 heterocycles. The number of halogens is 2. The van der Waals surface area contributed by atoms with Crippen LogP contribution < -0.4 is 5.32 Å². The van der Waals surface area contributed by atoms with Crippen LogP contribution in [-0.4, -0.2) is 6.54 Å². The van der Waals surface area contributed by atoms with Gasteiger partial charge >= 0.3 is 0 Å². The molecule has 0 saturated heterocycles. The summed E-state index contributed by atoms with van der Waals surface area (Å²) in [5.74, 6) is 1.13. The van der Waals surface area contributed by atoms with Gasteiger partial charge in [-0.25, -0.2) is 4.39 Å². The highest BCUT2D eigenvalue weighted by molar-refractivity contribution is 6.35. The Kier molecular flexibility index (Phi) is 3.50. The predicted octanol–water partition coefficient (Wildman–Crippen LogP) is 4.60. The van der Waals surface area contributed by atoms with Crippen molar-refractivity contribution in [1.82, 2.24) is 5.32 Å². The number of furan rings is 1. The van der Waals surface area contributed by atoms with Gasteiger partial charge in [0.1, 0.15) is 11.6 Å². The van der Waals surface area contributed by atoms with Gasteiger partial charge in [-0.15, -0.1) is 0 Å². The molecule has 0 amide bonds. The van der Waals surface area contributed by atoms with E-state index in [1.165, 1.54) is 6.07 Å². The van der Waals surface area contributed by atoms with Gasteiger partial charge in [0, 0.05) is 10.9 Å². The fourth-order valence-corrected chi connectivity index (χ4v) is 2.77. The summed E-state index contributed by atoms with van der Waals surface area (Å²) in [5.41, 5.74) is 1.78. The summed E-state index contributed by atoms with van der Waals surface area (Å²) in [6, 6.07) is 2.86. The quantitative estimate of drug-likeness (QED) is 0.810. The molecule has 1 aliphatic carbocycles. The van der Waals surface area contributed by atoms with E-state index in [1.807, 2.05) is 0 Å². The molecule has 102 valence electrons. The van der Waals surface area contributed by atoms with Crippen LogP contribution in [0.4, 0.5) is 4.39 Å². The molecule has 0 aliphatic heterocycles. The van der Waals surface area contributed by atoms with Crippen LogP contribution in [0.5, 0.6) is 0 Å². The van der Waals surface area contributed by atoms with Gasteiger partial charge in [-0.05, 0) is 43.9 Å². The van der Waals surface area contributed by atoms with Gasteiger partial charge < -0.3 is 9.73 Å². The van der Waals surface area contributed by atoms with Crippen LogP contribution in [0.3, 0.4) is 0 Å². The number of hydrogen-bond donors (Lipinski definition) is 1. The summed E-state index contributed by atoms with van der Waals surface area (Å²) < 4.78 is 19.4. The van der Waals surface area contributed by atoms with Crippen LogP contribution in [0.15, 0.2) is 16.5 Å². The van der Waals surface area contributed by atoms with E-state index in [0.717, 1.165) is 42.5 Å². The average Bonchev–Trinajstić information content (AvgIpc) is 3.12. The molecule has 3 rings (SSSR count). The van der Waals surface area contributed by atoms with Crippen molar-refractivity contribution in [3.63, 3.8) is 0 Å². The lowest BCUT2D eigenvalue weighted by Gasteiger charge is -2.02. The maximum Gasteiger partial charge on any atom is 0.153 e. The van der Waals surface area contributed by atoms with Gasteiger partial charge in [0.05, 0.1) is 11.6 Å². The number of rotatable bonds is 5. The molecular weight excluding hydrogens is 265 g/mol. The number of nitrogens with one attached hydrogen (secondary N) is 1. The van der Waals surface area contributed by atoms with Gasteiger partial charge in [-0.1, -0.05) is 18.5 Å². The Balaban J connectivity index is 2.05. The first-order valence-corrected chi connectivity index (χ1v) is 7.19. The Bertz CT molecular complexity index is 604. The lowest BCUT2D eigenvalue weighted by Crippen LogP contribution is -2.14. The first-order chi connectivity index (χ1) is 9.20. The normalized spacial score (nSPS) is 15.3. The topological polar surface area (TPSA) is 25.2 Å². The monoisotopic (exact) mass is 281 g/mol. The van der Waals surface area contributed by atoms with E-state index in [0.29, 0.717) is 23.1 Å². The third kappa shape index (κ3) is 2.49. The summed E-state index contributed by atoms with van der Waals surface area (Å²) in [4.78, 5) is 0. The molecule has 2 nitrogen and oxygen atoms in total. The molecular formula is C15H17ClFNO. The van der Waals surface area contributed by atoms with Crippen molar-refractivity contribution in [1.29, 1.82) is 0 Å². The SMILES string of the molecule is CCCNCc1oc2c(Cl)cc(F)cc2c1C1CC1. The molecule has 0 unspecified atom stereocenters. The Morgan fingerprint density at radius 3 is 2.89 bits per heavy atom. The highest BCUT2D eigenvalue weighted by Gasteiger charge is 2.31. The third-order valence-corrected chi connectivity index (χ3v) is 3.80. The van der Waals surface area contributed by atoms with Crippen molar-refractivity contribution >= 4 is 22.6 Å². The van der Waals surface area contributed by atoms with Gasteiger partial charge in [0.25, 0.3) is 0 Å². The first kappa shape index (κ1) is 12.9. The van der Waals surface area contributed by atoms with Gasteiger partial charge in [-0.2, -0.15) is 0 Å². The summed E-state index contributed by atoms with van der Waals surface area (Å²) in [6.45, 7) is 3.76. The first-order valence-electron chi connectivity index (χ1n) is 6.81. The molecule has 0 bridgehead atoms. The molecule has 1 N–H and O–H groups in total. The van der Waals surface area contributed by atoms with Crippen molar-refractivity contribution < 1.29 is 8.81 Å². The minimum atomic E-state index is -0.298. The van der Waals surface area contributed by atoms with Crippen molar-refractivity contribution in [3.05, 3.63) is 34.3 Å². The van der Waals surface area contributed by atoms with E-state index in [9.17, 15) is 4.39 Å². The van der Waals surface area contributed by atoms with Crippen LogP contribution in [0.1, 0.15) is 43.4 Å². The fourth-order valence-electron chi connectivity index (χ4n) is 2.52. The maximum absolute atomic E-state index is 13.5. The summed E-state index contributed by atoms with van der Waals surface area (Å²) in [6.07, 6.45) is 3.39. The zero-order valence-electron chi connectivity index (χ0n) is 10.9. The fraction of sp³-hybridized carbons (Fsp3) is 0.467. The molecule has 1 aromatic heterocycles. The molecule has 19 heavy (non-hydrogen) atoms. The van der Waals surface area contributed by atoms with Gasteiger partial charge in [0.2, 0.25) is 0 Å². The van der Waals surface area contributed by atoms with Crippen LogP contribution in [0, 0.1) is 5.82 Å². The van der Waals surface area contributed by atoms with E-state index in [1.54, 1.807) is 6.07 Å². The molecule has 0 radical (unpaired) electrons. The van der Waals surface area contributed by atoms with Crippen molar-refractivity contribution in [2.45, 2.75) is 38.6 Å². The molecule has 1 aromatic carbocycles. The molecule has 4 heteroatoms. The largest absolute Gasteiger partial charge is 0.458 e. The maximum atomic E-state index is 13.5. The Labute approximate surface area is 116 Å². The molecule has 0 atom stereocenters. The number of fused-ring (bicyclic) bond motifs is 1. The molecule has 1 aliphatic rings. The number of benzene rings is 1. The Morgan fingerprint density at radius 2 is 2.21 bits per heavy atom. The average molecular weight is 282 g/mol. The Morgan fingerprint density at radius 1 is 1.42 bits per heavy atom. The summed E-state index contributed by atoms with van der Waals surface area (Å²) in [7, 11) is 0. The minimum Gasteiger partial charge on any atom is -0.458 e. The predicted molar refractivity (Wildman–Crippen MR) is 75.2 cm³/mol. The smallest absolute Gasteiger partial charge is 0.153 e. The van der Waals surface area contributed by atoms with E-state index in [-0.39, 0.29) is 5.82 Å².